The highest BCUT2D eigenvalue weighted by atomic mass is 35.5. The third-order valence-corrected chi connectivity index (χ3v) is 5.02. The molecule has 1 atom stereocenters. The molecule has 0 saturated carbocycles. The number of amides is 1. The number of hydrogen-bond acceptors (Lipinski definition) is 4. The number of nitrogens with one attached hydrogen (secondary N) is 2. The van der Waals surface area contributed by atoms with E-state index in [4.69, 9.17) is 16.3 Å². The van der Waals surface area contributed by atoms with E-state index in [-0.39, 0.29) is 4.90 Å². The molecule has 0 aliphatic heterocycles. The molecular formula is C16H17ClN2O4S. The van der Waals surface area contributed by atoms with Crippen molar-refractivity contribution in [3.8, 4) is 5.75 Å². The van der Waals surface area contributed by atoms with E-state index in [0.29, 0.717) is 16.5 Å². The van der Waals surface area contributed by atoms with Crippen molar-refractivity contribution < 1.29 is 17.9 Å². The summed E-state index contributed by atoms with van der Waals surface area (Å²) >= 11 is 5.74. The molecule has 0 heterocycles. The number of carbonyl (C=O) groups excluding carboxylic acids is 1. The fourth-order valence-corrected chi connectivity index (χ4v) is 3.22. The number of hydrogen-bond donors (Lipinski definition) is 2. The van der Waals surface area contributed by atoms with E-state index in [1.165, 1.54) is 31.2 Å². The van der Waals surface area contributed by atoms with Crippen LogP contribution in [0.5, 0.6) is 5.75 Å². The lowest BCUT2D eigenvalue weighted by molar-refractivity contribution is -0.117. The first-order valence-electron chi connectivity index (χ1n) is 7.04. The molecule has 0 radical (unpaired) electrons. The van der Waals surface area contributed by atoms with Crippen LogP contribution >= 0.6 is 11.6 Å². The summed E-state index contributed by atoms with van der Waals surface area (Å²) in [5.74, 6) is 0.183. The van der Waals surface area contributed by atoms with Crippen LogP contribution in [0, 0.1) is 0 Å². The van der Waals surface area contributed by atoms with Gasteiger partial charge in [-0.2, -0.15) is 4.72 Å². The Hall–Kier alpha value is -2.09. The van der Waals surface area contributed by atoms with Gasteiger partial charge in [0.1, 0.15) is 5.75 Å². The summed E-state index contributed by atoms with van der Waals surface area (Å²) in [6.45, 7) is 1.46. The number of rotatable bonds is 6. The maximum atomic E-state index is 12.2. The van der Waals surface area contributed by atoms with Gasteiger partial charge in [-0.1, -0.05) is 11.6 Å². The van der Waals surface area contributed by atoms with Gasteiger partial charge in [0.05, 0.1) is 18.0 Å². The smallest absolute Gasteiger partial charge is 0.242 e. The molecular weight excluding hydrogens is 352 g/mol. The molecule has 0 bridgehead atoms. The molecule has 0 spiro atoms. The zero-order valence-corrected chi connectivity index (χ0v) is 14.7. The first kappa shape index (κ1) is 18.3. The Kier molecular flexibility index (Phi) is 5.82. The van der Waals surface area contributed by atoms with Crippen LogP contribution in [0.25, 0.3) is 0 Å². The average molecular weight is 369 g/mol. The van der Waals surface area contributed by atoms with E-state index in [0.717, 1.165) is 0 Å². The van der Waals surface area contributed by atoms with Crippen LogP contribution in [0.4, 0.5) is 5.69 Å². The van der Waals surface area contributed by atoms with Crippen molar-refractivity contribution in [2.45, 2.75) is 17.9 Å². The molecule has 1 amide bonds. The first-order chi connectivity index (χ1) is 11.3. The van der Waals surface area contributed by atoms with Gasteiger partial charge in [0, 0.05) is 10.7 Å². The van der Waals surface area contributed by atoms with Crippen LogP contribution in [-0.2, 0) is 14.8 Å². The number of sulfonamides is 1. The molecule has 0 aliphatic rings. The minimum absolute atomic E-state index is 0.0380. The Morgan fingerprint density at radius 2 is 1.67 bits per heavy atom. The lowest BCUT2D eigenvalue weighted by atomic mass is 10.2. The maximum absolute atomic E-state index is 12.2. The van der Waals surface area contributed by atoms with Gasteiger partial charge >= 0.3 is 0 Å². The third kappa shape index (κ3) is 4.70. The van der Waals surface area contributed by atoms with Gasteiger partial charge in [-0.25, -0.2) is 8.42 Å². The van der Waals surface area contributed by atoms with E-state index >= 15 is 0 Å². The Bertz CT molecular complexity index is 805. The van der Waals surface area contributed by atoms with E-state index < -0.39 is 22.0 Å². The van der Waals surface area contributed by atoms with Crippen LogP contribution in [0.15, 0.2) is 53.4 Å². The van der Waals surface area contributed by atoms with E-state index in [9.17, 15) is 13.2 Å². The Labute approximate surface area is 145 Å². The molecule has 8 heteroatoms. The quantitative estimate of drug-likeness (QED) is 0.820. The fourth-order valence-electron chi connectivity index (χ4n) is 1.89. The molecule has 24 heavy (non-hydrogen) atoms. The highest BCUT2D eigenvalue weighted by Crippen LogP contribution is 2.16. The molecule has 128 valence electrons. The standard InChI is InChI=1S/C16H17ClN2O4S/c1-11(16(20)18-13-5-7-14(23-2)8-6-13)19-24(21,22)15-9-3-12(17)4-10-15/h3-11,19H,1-2H3,(H,18,20)/t11-/m1/s1. The molecule has 0 saturated heterocycles. The van der Waals surface area contributed by atoms with Gasteiger partial charge in [-0.3, -0.25) is 4.79 Å². The van der Waals surface area contributed by atoms with Crippen molar-refractivity contribution in [1.29, 1.82) is 0 Å². The number of benzene rings is 2. The van der Waals surface area contributed by atoms with Crippen molar-refractivity contribution in [3.05, 3.63) is 53.6 Å². The van der Waals surface area contributed by atoms with Crippen LogP contribution in [0.3, 0.4) is 0 Å². The molecule has 0 fully saturated rings. The summed E-state index contributed by atoms with van der Waals surface area (Å²) in [6.07, 6.45) is 0. The second-order valence-electron chi connectivity index (χ2n) is 5.01. The molecule has 0 aromatic heterocycles. The summed E-state index contributed by atoms with van der Waals surface area (Å²) in [5, 5.41) is 3.06. The minimum Gasteiger partial charge on any atom is -0.497 e. The number of halogens is 1. The Morgan fingerprint density at radius 3 is 2.21 bits per heavy atom. The van der Waals surface area contributed by atoms with Crippen molar-refractivity contribution in [2.24, 2.45) is 0 Å². The molecule has 2 aromatic rings. The monoisotopic (exact) mass is 368 g/mol. The fraction of sp³-hybridized carbons (Fsp3) is 0.188. The van der Waals surface area contributed by atoms with E-state index in [1.807, 2.05) is 0 Å². The number of ether oxygens (including phenoxy) is 1. The van der Waals surface area contributed by atoms with Crippen LogP contribution < -0.4 is 14.8 Å². The largest absolute Gasteiger partial charge is 0.497 e. The molecule has 2 N–H and O–H groups in total. The van der Waals surface area contributed by atoms with Crippen molar-refractivity contribution in [2.75, 3.05) is 12.4 Å². The molecule has 0 aliphatic carbocycles. The van der Waals surface area contributed by atoms with Crippen LogP contribution in [0.1, 0.15) is 6.92 Å². The predicted octanol–water partition coefficient (Wildman–Crippen LogP) is 2.65. The Morgan fingerprint density at radius 1 is 1.08 bits per heavy atom. The van der Waals surface area contributed by atoms with Gasteiger partial charge in [0.15, 0.2) is 0 Å². The average Bonchev–Trinajstić information content (AvgIpc) is 2.55. The highest BCUT2D eigenvalue weighted by molar-refractivity contribution is 7.89. The van der Waals surface area contributed by atoms with E-state index in [2.05, 4.69) is 10.0 Å². The molecule has 0 unspecified atom stereocenters. The van der Waals surface area contributed by atoms with Crippen molar-refractivity contribution >= 4 is 33.2 Å². The van der Waals surface area contributed by atoms with Crippen molar-refractivity contribution in [3.63, 3.8) is 0 Å². The SMILES string of the molecule is COc1ccc(NC(=O)[C@@H](C)NS(=O)(=O)c2ccc(Cl)cc2)cc1. The normalized spacial score (nSPS) is 12.5. The zero-order valence-electron chi connectivity index (χ0n) is 13.1. The number of methoxy groups -OCH3 is 1. The minimum atomic E-state index is -3.81. The van der Waals surface area contributed by atoms with Gasteiger partial charge < -0.3 is 10.1 Å². The van der Waals surface area contributed by atoms with Gasteiger partial charge in [0.25, 0.3) is 0 Å². The maximum Gasteiger partial charge on any atom is 0.242 e. The lowest BCUT2D eigenvalue weighted by Crippen LogP contribution is -2.41. The second-order valence-corrected chi connectivity index (χ2v) is 7.17. The summed E-state index contributed by atoms with van der Waals surface area (Å²) in [5.41, 5.74) is 0.540. The van der Waals surface area contributed by atoms with Gasteiger partial charge in [0.2, 0.25) is 15.9 Å². The van der Waals surface area contributed by atoms with Crippen LogP contribution in [-0.4, -0.2) is 27.5 Å². The van der Waals surface area contributed by atoms with Gasteiger partial charge in [-0.15, -0.1) is 0 Å². The van der Waals surface area contributed by atoms with Crippen molar-refractivity contribution in [1.82, 2.24) is 4.72 Å². The van der Waals surface area contributed by atoms with Crippen LogP contribution in [0.2, 0.25) is 5.02 Å². The third-order valence-electron chi connectivity index (χ3n) is 3.21. The summed E-state index contributed by atoms with van der Waals surface area (Å²) in [7, 11) is -2.27. The lowest BCUT2D eigenvalue weighted by Gasteiger charge is -2.14. The molecule has 2 aromatic carbocycles. The second kappa shape index (κ2) is 7.65. The zero-order chi connectivity index (χ0) is 17.7. The predicted molar refractivity (Wildman–Crippen MR) is 92.9 cm³/mol. The summed E-state index contributed by atoms with van der Waals surface area (Å²) < 4.78 is 31.8. The van der Waals surface area contributed by atoms with E-state index in [1.54, 1.807) is 31.4 Å². The number of anilines is 1. The summed E-state index contributed by atoms with van der Waals surface area (Å²) in [6, 6.07) is 11.5. The van der Waals surface area contributed by atoms with Gasteiger partial charge in [-0.05, 0) is 55.5 Å². The topological polar surface area (TPSA) is 84.5 Å². The highest BCUT2D eigenvalue weighted by Gasteiger charge is 2.22. The molecule has 6 nitrogen and oxygen atoms in total. The Balaban J connectivity index is 2.03. The number of carbonyl (C=O) groups is 1. The first-order valence-corrected chi connectivity index (χ1v) is 8.91. The molecule has 2 rings (SSSR count). The summed E-state index contributed by atoms with van der Waals surface area (Å²) in [4.78, 5) is 12.2.